The third kappa shape index (κ3) is 3.15. The number of nitrogens with zero attached hydrogens (tertiary/aromatic N) is 4. The van der Waals surface area contributed by atoms with E-state index in [0.717, 1.165) is 35.0 Å². The molecule has 2 aliphatic rings. The number of thioether (sulfide) groups is 1. The molecule has 8 nitrogen and oxygen atoms in total. The second kappa shape index (κ2) is 7.56. The fraction of sp³-hybridized carbons (Fsp3) is 0.286. The molecule has 1 unspecified atom stereocenters. The van der Waals surface area contributed by atoms with Gasteiger partial charge in [0.25, 0.3) is 5.91 Å². The molecule has 4 rings (SSSR count). The van der Waals surface area contributed by atoms with Gasteiger partial charge in [0.15, 0.2) is 5.17 Å². The number of hydrogen-bond donors (Lipinski definition) is 1. The predicted octanol–water partition coefficient (Wildman–Crippen LogP) is 2.35. The first-order chi connectivity index (χ1) is 14.4. The molecule has 0 aliphatic carbocycles. The van der Waals surface area contributed by atoms with E-state index < -0.39 is 4.87 Å². The standard InChI is InChI=1S/C21H21N5O3S/c1-4-15-7-8-18-17(10-15)21(19(29)25(18)12-16-6-5-9-22-11-16)26(14(3)28)24-20(30-21)23-13(2)27/h5-11H,4,12H2,1-3H3,(H,23,24,27). The van der Waals surface area contributed by atoms with Gasteiger partial charge in [0.05, 0.1) is 12.2 Å². The first kappa shape index (κ1) is 20.1. The van der Waals surface area contributed by atoms with E-state index >= 15 is 0 Å². The molecule has 0 fully saturated rings. The lowest BCUT2D eigenvalue weighted by molar-refractivity contribution is -0.139. The van der Waals surface area contributed by atoms with Crippen molar-refractivity contribution in [3.8, 4) is 0 Å². The first-order valence-corrected chi connectivity index (χ1v) is 10.4. The van der Waals surface area contributed by atoms with Gasteiger partial charge in [-0.1, -0.05) is 19.1 Å². The van der Waals surface area contributed by atoms with Crippen LogP contribution in [0.2, 0.25) is 0 Å². The van der Waals surface area contributed by atoms with E-state index in [-0.39, 0.29) is 22.9 Å². The molecule has 0 saturated carbocycles. The summed E-state index contributed by atoms with van der Waals surface area (Å²) < 4.78 is 0. The monoisotopic (exact) mass is 423 g/mol. The van der Waals surface area contributed by atoms with Gasteiger partial charge in [-0.3, -0.25) is 19.4 Å². The molecule has 30 heavy (non-hydrogen) atoms. The number of aryl methyl sites for hydroxylation is 1. The Kier molecular flexibility index (Phi) is 5.07. The van der Waals surface area contributed by atoms with Crippen LogP contribution in [0.4, 0.5) is 5.69 Å². The van der Waals surface area contributed by atoms with E-state index in [1.165, 1.54) is 18.9 Å². The molecule has 0 radical (unpaired) electrons. The fourth-order valence-corrected chi connectivity index (χ4v) is 5.03. The topological polar surface area (TPSA) is 95.0 Å². The van der Waals surface area contributed by atoms with Gasteiger partial charge < -0.3 is 10.2 Å². The molecule has 1 spiro atoms. The Bertz CT molecular complexity index is 1070. The van der Waals surface area contributed by atoms with Gasteiger partial charge in [0, 0.05) is 31.8 Å². The van der Waals surface area contributed by atoms with Crippen LogP contribution in [0.3, 0.4) is 0 Å². The molecule has 0 bridgehead atoms. The lowest BCUT2D eigenvalue weighted by atomic mass is 10.0. The van der Waals surface area contributed by atoms with Crippen LogP contribution in [0.5, 0.6) is 0 Å². The largest absolute Gasteiger partial charge is 0.304 e. The van der Waals surface area contributed by atoms with E-state index in [4.69, 9.17) is 0 Å². The lowest BCUT2D eigenvalue weighted by Gasteiger charge is -2.29. The molecular formula is C21H21N5O3S. The van der Waals surface area contributed by atoms with Crippen molar-refractivity contribution in [2.75, 3.05) is 4.90 Å². The summed E-state index contributed by atoms with van der Waals surface area (Å²) in [5.41, 5.74) is 3.33. The fourth-order valence-electron chi connectivity index (χ4n) is 3.71. The summed E-state index contributed by atoms with van der Waals surface area (Å²) in [6.07, 6.45) is 4.17. The number of amides is 3. The normalized spacial score (nSPS) is 19.8. The average Bonchev–Trinajstić information content (AvgIpc) is 3.20. The number of benzene rings is 1. The molecule has 154 valence electrons. The number of nitrogens with one attached hydrogen (secondary N) is 1. The molecule has 9 heteroatoms. The van der Waals surface area contributed by atoms with Crippen molar-refractivity contribution in [1.29, 1.82) is 0 Å². The van der Waals surface area contributed by atoms with Crippen LogP contribution in [0.15, 0.2) is 47.8 Å². The molecule has 1 atom stereocenters. The Balaban J connectivity index is 1.85. The number of hydrogen-bond acceptors (Lipinski definition) is 6. The first-order valence-electron chi connectivity index (χ1n) is 9.57. The van der Waals surface area contributed by atoms with Crippen LogP contribution < -0.4 is 10.2 Å². The summed E-state index contributed by atoms with van der Waals surface area (Å²) in [4.78, 5) is 42.4. The van der Waals surface area contributed by atoms with Crippen LogP contribution in [-0.2, 0) is 32.2 Å². The van der Waals surface area contributed by atoms with Crippen molar-refractivity contribution in [2.24, 2.45) is 5.10 Å². The van der Waals surface area contributed by atoms with Crippen LogP contribution in [0.1, 0.15) is 37.5 Å². The van der Waals surface area contributed by atoms with Gasteiger partial charge in [0.1, 0.15) is 0 Å². The zero-order valence-electron chi connectivity index (χ0n) is 16.9. The highest BCUT2D eigenvalue weighted by Gasteiger charge is 2.61. The third-order valence-corrected chi connectivity index (χ3v) is 6.28. The molecule has 3 heterocycles. The highest BCUT2D eigenvalue weighted by molar-refractivity contribution is 8.15. The number of carbonyl (C=O) groups excluding carboxylic acids is 3. The zero-order chi connectivity index (χ0) is 21.5. The summed E-state index contributed by atoms with van der Waals surface area (Å²) >= 11 is 1.09. The summed E-state index contributed by atoms with van der Waals surface area (Å²) in [5.74, 6) is -0.979. The molecular weight excluding hydrogens is 402 g/mol. The van der Waals surface area contributed by atoms with Crippen LogP contribution in [0.25, 0.3) is 0 Å². The number of amidine groups is 1. The quantitative estimate of drug-likeness (QED) is 0.818. The van der Waals surface area contributed by atoms with E-state index in [1.54, 1.807) is 17.3 Å². The summed E-state index contributed by atoms with van der Waals surface area (Å²) in [5, 5.41) is 8.31. The van der Waals surface area contributed by atoms with Gasteiger partial charge in [-0.05, 0) is 47.5 Å². The van der Waals surface area contributed by atoms with Crippen molar-refractivity contribution < 1.29 is 14.4 Å². The van der Waals surface area contributed by atoms with Gasteiger partial charge in [-0.2, -0.15) is 5.01 Å². The summed E-state index contributed by atoms with van der Waals surface area (Å²) in [6, 6.07) is 9.55. The number of hydrazone groups is 1. The Labute approximate surface area is 178 Å². The molecule has 1 aromatic heterocycles. The lowest BCUT2D eigenvalue weighted by Crippen LogP contribution is -2.48. The number of pyridine rings is 1. The van der Waals surface area contributed by atoms with Gasteiger partial charge in [-0.15, -0.1) is 5.10 Å². The zero-order valence-corrected chi connectivity index (χ0v) is 17.7. The maximum atomic E-state index is 13.8. The maximum Gasteiger partial charge on any atom is 0.271 e. The summed E-state index contributed by atoms with van der Waals surface area (Å²) in [7, 11) is 0. The number of carbonyl (C=O) groups is 3. The Morgan fingerprint density at radius 1 is 1.20 bits per heavy atom. The maximum absolute atomic E-state index is 13.8. The molecule has 1 aromatic carbocycles. The van der Waals surface area contributed by atoms with Crippen molar-refractivity contribution in [2.45, 2.75) is 38.6 Å². The third-order valence-electron chi connectivity index (χ3n) is 5.04. The number of rotatable bonds is 3. The smallest absolute Gasteiger partial charge is 0.271 e. The summed E-state index contributed by atoms with van der Waals surface area (Å²) in [6.45, 7) is 5.07. The second-order valence-corrected chi connectivity index (χ2v) is 8.30. The van der Waals surface area contributed by atoms with Crippen molar-refractivity contribution in [1.82, 2.24) is 15.3 Å². The van der Waals surface area contributed by atoms with Crippen LogP contribution >= 0.6 is 11.8 Å². The Morgan fingerprint density at radius 3 is 2.63 bits per heavy atom. The minimum atomic E-state index is -1.38. The highest BCUT2D eigenvalue weighted by Crippen LogP contribution is 2.55. The predicted molar refractivity (Wildman–Crippen MR) is 114 cm³/mol. The average molecular weight is 423 g/mol. The minimum absolute atomic E-state index is 0.224. The van der Waals surface area contributed by atoms with Gasteiger partial charge in [0.2, 0.25) is 16.7 Å². The van der Waals surface area contributed by atoms with Crippen molar-refractivity contribution in [3.63, 3.8) is 0 Å². The molecule has 2 aliphatic heterocycles. The van der Waals surface area contributed by atoms with Gasteiger partial charge >= 0.3 is 0 Å². The molecule has 2 aromatic rings. The molecule has 1 N–H and O–H groups in total. The Hall–Kier alpha value is -3.20. The minimum Gasteiger partial charge on any atom is -0.304 e. The van der Waals surface area contributed by atoms with E-state index in [1.807, 2.05) is 37.3 Å². The molecule has 0 saturated heterocycles. The van der Waals surface area contributed by atoms with E-state index in [2.05, 4.69) is 15.4 Å². The van der Waals surface area contributed by atoms with Crippen LogP contribution in [-0.4, -0.2) is 32.9 Å². The van der Waals surface area contributed by atoms with Crippen LogP contribution in [0, 0.1) is 0 Å². The number of aromatic nitrogens is 1. The SMILES string of the molecule is CCc1ccc2c(c1)C1(SC(NC(C)=O)=NN1C(C)=O)C(=O)N2Cc1cccnc1. The Morgan fingerprint density at radius 2 is 2.00 bits per heavy atom. The molecule has 3 amide bonds. The number of fused-ring (bicyclic) bond motifs is 2. The highest BCUT2D eigenvalue weighted by atomic mass is 32.2. The number of anilines is 1. The van der Waals surface area contributed by atoms with Gasteiger partial charge in [-0.25, -0.2) is 0 Å². The van der Waals surface area contributed by atoms with E-state index in [0.29, 0.717) is 12.1 Å². The van der Waals surface area contributed by atoms with Crippen molar-refractivity contribution in [3.05, 3.63) is 59.4 Å². The van der Waals surface area contributed by atoms with E-state index in [9.17, 15) is 14.4 Å². The van der Waals surface area contributed by atoms with Crippen molar-refractivity contribution >= 4 is 40.3 Å². The second-order valence-electron chi connectivity index (χ2n) is 7.12.